The van der Waals surface area contributed by atoms with E-state index < -0.39 is 15.6 Å². The molecule has 2 aliphatic rings. The van der Waals surface area contributed by atoms with Gasteiger partial charge in [-0.25, -0.2) is 8.42 Å². The molecule has 1 amide bonds. The van der Waals surface area contributed by atoms with Gasteiger partial charge in [0, 0.05) is 18.7 Å². The van der Waals surface area contributed by atoms with E-state index >= 15 is 0 Å². The first-order valence-electron chi connectivity index (χ1n) is 10.1. The standard InChI is InChI=1S/C22H25N3O5S/c1-16-4-10-19(11-5-16)31(27,28)25-13-3-12-22(15-25)14-20(24-30-22)21(26)23-17-6-8-18(29-2)9-7-17/h4-11H,3,12-15H2,1-2H3,(H,23,26)/t22-/m1/s1. The van der Waals surface area contributed by atoms with Gasteiger partial charge in [-0.3, -0.25) is 4.79 Å². The van der Waals surface area contributed by atoms with Crippen LogP contribution in [-0.4, -0.2) is 50.1 Å². The highest BCUT2D eigenvalue weighted by Gasteiger charge is 2.47. The normalized spacial score (nSPS) is 21.4. The molecule has 2 aromatic carbocycles. The zero-order valence-electron chi connectivity index (χ0n) is 17.5. The molecule has 1 spiro atoms. The third-order valence-electron chi connectivity index (χ3n) is 5.61. The maximum absolute atomic E-state index is 13.1. The number of sulfonamides is 1. The minimum absolute atomic E-state index is 0.159. The molecule has 2 aromatic rings. The number of amides is 1. The van der Waals surface area contributed by atoms with E-state index in [-0.39, 0.29) is 29.5 Å². The lowest BCUT2D eigenvalue weighted by Gasteiger charge is -2.37. The van der Waals surface area contributed by atoms with Gasteiger partial charge in [0.15, 0.2) is 5.60 Å². The number of benzene rings is 2. The molecule has 0 radical (unpaired) electrons. The summed E-state index contributed by atoms with van der Waals surface area (Å²) in [4.78, 5) is 18.6. The summed E-state index contributed by atoms with van der Waals surface area (Å²) in [6.07, 6.45) is 1.53. The number of carbonyl (C=O) groups excluding carboxylic acids is 1. The van der Waals surface area contributed by atoms with Gasteiger partial charge in [-0.2, -0.15) is 4.31 Å². The van der Waals surface area contributed by atoms with E-state index in [0.29, 0.717) is 30.8 Å². The fourth-order valence-corrected chi connectivity index (χ4v) is 5.41. The second-order valence-corrected chi connectivity index (χ2v) is 9.86. The van der Waals surface area contributed by atoms with Crippen molar-refractivity contribution in [1.82, 2.24) is 4.31 Å². The Kier molecular flexibility index (Phi) is 5.72. The summed E-state index contributed by atoms with van der Waals surface area (Å²) < 4.78 is 32.7. The summed E-state index contributed by atoms with van der Waals surface area (Å²) in [5.41, 5.74) is 1.05. The molecule has 1 atom stereocenters. The Morgan fingerprint density at radius 2 is 1.87 bits per heavy atom. The van der Waals surface area contributed by atoms with Crippen molar-refractivity contribution in [2.45, 2.75) is 36.7 Å². The fourth-order valence-electron chi connectivity index (χ4n) is 3.86. The number of rotatable bonds is 5. The molecule has 0 unspecified atom stereocenters. The zero-order valence-corrected chi connectivity index (χ0v) is 18.3. The second-order valence-electron chi connectivity index (χ2n) is 7.93. The summed E-state index contributed by atoms with van der Waals surface area (Å²) >= 11 is 0. The number of hydrogen-bond donors (Lipinski definition) is 1. The number of carbonyl (C=O) groups is 1. The van der Waals surface area contributed by atoms with E-state index in [9.17, 15) is 13.2 Å². The van der Waals surface area contributed by atoms with Gasteiger partial charge in [-0.05, 0) is 56.2 Å². The van der Waals surface area contributed by atoms with Crippen LogP contribution in [0.3, 0.4) is 0 Å². The Morgan fingerprint density at radius 3 is 2.55 bits per heavy atom. The molecule has 0 aliphatic carbocycles. The van der Waals surface area contributed by atoms with Crippen LogP contribution in [0.25, 0.3) is 0 Å². The van der Waals surface area contributed by atoms with Crippen LogP contribution in [0.15, 0.2) is 58.6 Å². The smallest absolute Gasteiger partial charge is 0.273 e. The fraction of sp³-hybridized carbons (Fsp3) is 0.364. The van der Waals surface area contributed by atoms with Crippen LogP contribution in [-0.2, 0) is 19.7 Å². The van der Waals surface area contributed by atoms with Crippen molar-refractivity contribution in [3.05, 3.63) is 54.1 Å². The number of piperidine rings is 1. The monoisotopic (exact) mass is 443 g/mol. The van der Waals surface area contributed by atoms with E-state index in [1.807, 2.05) is 6.92 Å². The lowest BCUT2D eigenvalue weighted by molar-refractivity contribution is -0.110. The molecule has 0 saturated carbocycles. The summed E-state index contributed by atoms with van der Waals surface area (Å²) in [7, 11) is -2.07. The van der Waals surface area contributed by atoms with Gasteiger partial charge in [-0.15, -0.1) is 0 Å². The van der Waals surface area contributed by atoms with Crippen molar-refractivity contribution in [3.8, 4) is 5.75 Å². The maximum Gasteiger partial charge on any atom is 0.273 e. The molecule has 2 aliphatic heterocycles. The molecule has 1 saturated heterocycles. The van der Waals surface area contributed by atoms with Crippen molar-refractivity contribution in [2.75, 3.05) is 25.5 Å². The number of ether oxygens (including phenoxy) is 1. The van der Waals surface area contributed by atoms with Crippen LogP contribution in [0.5, 0.6) is 5.75 Å². The molecule has 0 bridgehead atoms. The Labute approximate surface area is 181 Å². The summed E-state index contributed by atoms with van der Waals surface area (Å²) in [5, 5.41) is 6.79. The summed E-state index contributed by atoms with van der Waals surface area (Å²) in [6.45, 7) is 2.48. The third-order valence-corrected chi connectivity index (χ3v) is 7.47. The van der Waals surface area contributed by atoms with Crippen molar-refractivity contribution in [3.63, 3.8) is 0 Å². The van der Waals surface area contributed by atoms with Crippen LogP contribution < -0.4 is 10.1 Å². The number of methoxy groups -OCH3 is 1. The van der Waals surface area contributed by atoms with Gasteiger partial charge in [0.2, 0.25) is 10.0 Å². The highest BCUT2D eigenvalue weighted by Crippen LogP contribution is 2.36. The predicted octanol–water partition coefficient (Wildman–Crippen LogP) is 2.94. The molecule has 1 N–H and O–H groups in total. The Morgan fingerprint density at radius 1 is 1.16 bits per heavy atom. The first-order valence-corrected chi connectivity index (χ1v) is 11.5. The molecular weight excluding hydrogens is 418 g/mol. The summed E-state index contributed by atoms with van der Waals surface area (Å²) in [6, 6.07) is 13.8. The Bertz CT molecular complexity index is 1100. The quantitative estimate of drug-likeness (QED) is 0.766. The van der Waals surface area contributed by atoms with Crippen molar-refractivity contribution < 1.29 is 22.8 Å². The topological polar surface area (TPSA) is 97.3 Å². The molecule has 2 heterocycles. The molecule has 0 aromatic heterocycles. The first kappa shape index (κ1) is 21.3. The largest absolute Gasteiger partial charge is 0.497 e. The zero-order chi connectivity index (χ0) is 22.1. The number of hydrogen-bond acceptors (Lipinski definition) is 6. The molecule has 4 rings (SSSR count). The van der Waals surface area contributed by atoms with Gasteiger partial charge in [0.05, 0.1) is 18.6 Å². The van der Waals surface area contributed by atoms with Gasteiger partial charge in [0.25, 0.3) is 5.91 Å². The predicted molar refractivity (Wildman–Crippen MR) is 117 cm³/mol. The average Bonchev–Trinajstić information content (AvgIpc) is 3.18. The van der Waals surface area contributed by atoms with Crippen molar-refractivity contribution in [2.24, 2.45) is 5.16 Å². The van der Waals surface area contributed by atoms with Gasteiger partial charge < -0.3 is 14.9 Å². The van der Waals surface area contributed by atoms with E-state index in [2.05, 4.69) is 10.5 Å². The van der Waals surface area contributed by atoms with E-state index in [4.69, 9.17) is 9.57 Å². The second kappa shape index (κ2) is 8.32. The number of nitrogens with one attached hydrogen (secondary N) is 1. The van der Waals surface area contributed by atoms with Crippen LogP contribution in [0.4, 0.5) is 5.69 Å². The minimum Gasteiger partial charge on any atom is -0.497 e. The molecule has 8 nitrogen and oxygen atoms in total. The molecule has 9 heteroatoms. The van der Waals surface area contributed by atoms with Gasteiger partial charge >= 0.3 is 0 Å². The van der Waals surface area contributed by atoms with Crippen LogP contribution in [0, 0.1) is 6.92 Å². The average molecular weight is 444 g/mol. The third kappa shape index (κ3) is 4.42. The number of anilines is 1. The lowest BCUT2D eigenvalue weighted by Crippen LogP contribution is -2.50. The summed E-state index contributed by atoms with van der Waals surface area (Å²) in [5.74, 6) is 0.330. The highest BCUT2D eigenvalue weighted by molar-refractivity contribution is 7.89. The van der Waals surface area contributed by atoms with Crippen molar-refractivity contribution >= 4 is 27.3 Å². The molecular formula is C22H25N3O5S. The SMILES string of the molecule is COc1ccc(NC(=O)C2=NO[C@]3(CCCN(S(=O)(=O)c4ccc(C)cc4)C3)C2)cc1. The molecule has 1 fully saturated rings. The van der Waals surface area contributed by atoms with Crippen LogP contribution in [0.2, 0.25) is 0 Å². The molecule has 31 heavy (non-hydrogen) atoms. The number of aryl methyl sites for hydroxylation is 1. The Hall–Kier alpha value is -2.91. The lowest BCUT2D eigenvalue weighted by atomic mass is 9.89. The Balaban J connectivity index is 1.43. The van der Waals surface area contributed by atoms with Crippen molar-refractivity contribution in [1.29, 1.82) is 0 Å². The highest BCUT2D eigenvalue weighted by atomic mass is 32.2. The van der Waals surface area contributed by atoms with E-state index in [1.54, 1.807) is 55.6 Å². The van der Waals surface area contributed by atoms with Gasteiger partial charge in [-0.1, -0.05) is 22.9 Å². The van der Waals surface area contributed by atoms with E-state index in [1.165, 1.54) is 4.31 Å². The van der Waals surface area contributed by atoms with Crippen LogP contribution >= 0.6 is 0 Å². The number of nitrogens with zero attached hydrogens (tertiary/aromatic N) is 2. The van der Waals surface area contributed by atoms with E-state index in [0.717, 1.165) is 5.56 Å². The van der Waals surface area contributed by atoms with Crippen LogP contribution in [0.1, 0.15) is 24.8 Å². The first-order chi connectivity index (χ1) is 14.8. The minimum atomic E-state index is -3.65. The maximum atomic E-state index is 13.1. The van der Waals surface area contributed by atoms with Gasteiger partial charge in [0.1, 0.15) is 11.5 Å². The number of oxime groups is 1. The molecule has 164 valence electrons.